The second-order valence-corrected chi connectivity index (χ2v) is 9.47. The molecule has 0 unspecified atom stereocenters. The second-order valence-electron chi connectivity index (χ2n) is 9.47. The summed E-state index contributed by atoms with van der Waals surface area (Å²) >= 11 is 0. The van der Waals surface area contributed by atoms with Crippen LogP contribution in [0.2, 0.25) is 0 Å². The Kier molecular flexibility index (Phi) is 9.50. The first-order valence-electron chi connectivity index (χ1n) is 11.5. The third kappa shape index (κ3) is 8.91. The summed E-state index contributed by atoms with van der Waals surface area (Å²) in [6.45, 7) is 10.4. The number of hydrogen-bond acceptors (Lipinski definition) is 3. The molecule has 0 bridgehead atoms. The predicted molar refractivity (Wildman–Crippen MR) is 135 cm³/mol. The fourth-order valence-corrected chi connectivity index (χ4v) is 4.06. The smallest absolute Gasteiger partial charge is 0.478 e. The molecule has 1 aliphatic carbocycles. The predicted octanol–water partition coefficient (Wildman–Crippen LogP) is 7.75. The van der Waals surface area contributed by atoms with Gasteiger partial charge in [-0.25, -0.2) is 4.79 Å². The van der Waals surface area contributed by atoms with E-state index in [0.717, 1.165) is 30.5 Å². The first-order valence-corrected chi connectivity index (χ1v) is 11.5. The van der Waals surface area contributed by atoms with Crippen LogP contribution in [0.3, 0.4) is 0 Å². The van der Waals surface area contributed by atoms with Gasteiger partial charge in [0, 0.05) is 6.08 Å². The van der Waals surface area contributed by atoms with Gasteiger partial charge in [-0.15, -0.1) is 13.2 Å². The number of benzene rings is 1. The Balaban J connectivity index is 2.06. The normalized spacial score (nSPS) is 17.1. The number of alkyl halides is 3. The number of ether oxygens (including phenoxy) is 1. The number of carboxylic acid groups (broad SMARTS) is 1. The van der Waals surface area contributed by atoms with Gasteiger partial charge < -0.3 is 15.2 Å². The highest BCUT2D eigenvalue weighted by Crippen LogP contribution is 2.40. The summed E-state index contributed by atoms with van der Waals surface area (Å²) in [6.07, 6.45) is 9.49. The van der Waals surface area contributed by atoms with Crippen molar-refractivity contribution in [1.82, 2.24) is 0 Å². The van der Waals surface area contributed by atoms with E-state index < -0.39 is 29.6 Å². The molecule has 0 spiro atoms. The van der Waals surface area contributed by atoms with Crippen LogP contribution in [0.25, 0.3) is 0 Å². The van der Waals surface area contributed by atoms with Gasteiger partial charge in [0.05, 0.1) is 11.3 Å². The summed E-state index contributed by atoms with van der Waals surface area (Å²) < 4.78 is 40.9. The van der Waals surface area contributed by atoms with E-state index in [1.54, 1.807) is 19.1 Å². The monoisotopic (exact) mass is 503 g/mol. The SMILES string of the molecule is CC(C=CC1=C(C)CCCC1(C)C)=CC=CC(C)=CC(=O)Nc1ccc(OC(F)(F)F)cc1C(=O)O. The summed E-state index contributed by atoms with van der Waals surface area (Å²) in [6, 6.07) is 2.68. The first-order chi connectivity index (χ1) is 16.7. The van der Waals surface area contributed by atoms with Crippen molar-refractivity contribution in [2.45, 2.75) is 60.2 Å². The minimum atomic E-state index is -4.96. The van der Waals surface area contributed by atoms with E-state index in [-0.39, 0.29) is 11.1 Å². The van der Waals surface area contributed by atoms with E-state index in [4.69, 9.17) is 0 Å². The van der Waals surface area contributed by atoms with Crippen molar-refractivity contribution in [2.24, 2.45) is 5.41 Å². The number of aromatic carboxylic acids is 1. The van der Waals surface area contributed by atoms with Crippen LogP contribution in [0.4, 0.5) is 18.9 Å². The summed E-state index contributed by atoms with van der Waals surface area (Å²) in [7, 11) is 0. The van der Waals surface area contributed by atoms with Gasteiger partial charge in [0.2, 0.25) is 5.91 Å². The van der Waals surface area contributed by atoms with E-state index in [0.29, 0.717) is 11.6 Å². The number of anilines is 1. The fourth-order valence-electron chi connectivity index (χ4n) is 4.06. The van der Waals surface area contributed by atoms with E-state index in [9.17, 15) is 27.9 Å². The maximum Gasteiger partial charge on any atom is 0.573 e. The average Bonchev–Trinajstić information content (AvgIpc) is 2.72. The number of allylic oxidation sites excluding steroid dienone is 9. The van der Waals surface area contributed by atoms with Gasteiger partial charge in [0.15, 0.2) is 0 Å². The summed E-state index contributed by atoms with van der Waals surface area (Å²) in [4.78, 5) is 23.7. The molecule has 1 aromatic rings. The summed E-state index contributed by atoms with van der Waals surface area (Å²) in [5.74, 6) is -2.82. The number of hydrogen-bond donors (Lipinski definition) is 2. The van der Waals surface area contributed by atoms with Crippen LogP contribution in [0.15, 0.2) is 76.9 Å². The quantitative estimate of drug-likeness (QED) is 0.281. The van der Waals surface area contributed by atoms with Gasteiger partial charge in [0.1, 0.15) is 5.75 Å². The number of carboxylic acids is 1. The van der Waals surface area contributed by atoms with Crippen LogP contribution >= 0.6 is 0 Å². The Morgan fingerprint density at radius 3 is 2.44 bits per heavy atom. The van der Waals surface area contributed by atoms with E-state index in [1.165, 1.54) is 23.6 Å². The Morgan fingerprint density at radius 2 is 1.83 bits per heavy atom. The first kappa shape index (κ1) is 28.7. The Morgan fingerprint density at radius 1 is 1.14 bits per heavy atom. The Labute approximate surface area is 209 Å². The zero-order valence-corrected chi connectivity index (χ0v) is 21.1. The molecule has 2 N–H and O–H groups in total. The van der Waals surface area contributed by atoms with Crippen molar-refractivity contribution in [2.75, 3.05) is 5.32 Å². The van der Waals surface area contributed by atoms with Crippen molar-refractivity contribution >= 4 is 17.6 Å². The van der Waals surface area contributed by atoms with Gasteiger partial charge in [-0.05, 0) is 74.8 Å². The van der Waals surface area contributed by atoms with Gasteiger partial charge in [0.25, 0.3) is 0 Å². The molecule has 2 rings (SSSR count). The summed E-state index contributed by atoms with van der Waals surface area (Å²) in [5, 5.41) is 11.7. The van der Waals surface area contributed by atoms with E-state index >= 15 is 0 Å². The number of nitrogens with one attached hydrogen (secondary N) is 1. The lowest BCUT2D eigenvalue weighted by molar-refractivity contribution is -0.274. The molecule has 0 saturated heterocycles. The second kappa shape index (κ2) is 11.9. The molecule has 194 valence electrons. The summed E-state index contributed by atoms with van der Waals surface area (Å²) in [5.41, 5.74) is 3.92. The van der Waals surface area contributed by atoms with Gasteiger partial charge in [-0.3, -0.25) is 4.79 Å². The highest BCUT2D eigenvalue weighted by molar-refractivity contribution is 6.05. The van der Waals surface area contributed by atoms with Crippen LogP contribution in [-0.2, 0) is 4.79 Å². The molecule has 5 nitrogen and oxygen atoms in total. The van der Waals surface area contributed by atoms with Crippen molar-refractivity contribution in [3.8, 4) is 5.75 Å². The minimum Gasteiger partial charge on any atom is -0.478 e. The standard InChI is InChI=1S/C28H32F3NO4/c1-18(11-13-23-20(3)10-7-15-27(23,4)5)8-6-9-19(2)16-25(33)32-24-14-12-21(36-28(29,30)31)17-22(24)26(34)35/h6,8-9,11-14,16-17H,7,10,15H2,1-5H3,(H,32,33)(H,34,35). The molecule has 0 heterocycles. The third-order valence-corrected chi connectivity index (χ3v) is 5.85. The highest BCUT2D eigenvalue weighted by atomic mass is 19.4. The zero-order chi connectivity index (χ0) is 27.1. The van der Waals surface area contributed by atoms with E-state index in [1.807, 2.05) is 13.0 Å². The molecular weight excluding hydrogens is 471 g/mol. The van der Waals surface area contributed by atoms with Crippen LogP contribution in [0.5, 0.6) is 5.75 Å². The molecule has 1 aromatic carbocycles. The third-order valence-electron chi connectivity index (χ3n) is 5.85. The fraction of sp³-hybridized carbons (Fsp3) is 0.357. The number of halogens is 3. The molecule has 1 amide bonds. The number of amides is 1. The number of carbonyl (C=O) groups excluding carboxylic acids is 1. The average molecular weight is 504 g/mol. The van der Waals surface area contributed by atoms with Crippen molar-refractivity contribution < 1.29 is 32.6 Å². The lowest BCUT2D eigenvalue weighted by atomic mass is 9.72. The molecule has 0 aliphatic heterocycles. The van der Waals surface area contributed by atoms with Crippen molar-refractivity contribution in [1.29, 1.82) is 0 Å². The van der Waals surface area contributed by atoms with Gasteiger partial charge >= 0.3 is 12.3 Å². The lowest BCUT2D eigenvalue weighted by Crippen LogP contribution is -2.19. The topological polar surface area (TPSA) is 75.6 Å². The van der Waals surface area contributed by atoms with Crippen LogP contribution in [-0.4, -0.2) is 23.3 Å². The molecule has 8 heteroatoms. The largest absolute Gasteiger partial charge is 0.573 e. The maximum atomic E-state index is 12.4. The van der Waals surface area contributed by atoms with Gasteiger partial charge in [-0.2, -0.15) is 0 Å². The lowest BCUT2D eigenvalue weighted by Gasteiger charge is -2.32. The molecule has 1 aliphatic rings. The van der Waals surface area contributed by atoms with E-state index in [2.05, 4.69) is 43.0 Å². The van der Waals surface area contributed by atoms with Crippen LogP contribution in [0.1, 0.15) is 64.2 Å². The van der Waals surface area contributed by atoms with Crippen molar-refractivity contribution in [3.63, 3.8) is 0 Å². The molecule has 0 saturated carbocycles. The van der Waals surface area contributed by atoms with Crippen LogP contribution in [0, 0.1) is 5.41 Å². The number of rotatable bonds is 8. The molecule has 0 atom stereocenters. The maximum absolute atomic E-state index is 12.4. The Bertz CT molecular complexity index is 1150. The zero-order valence-electron chi connectivity index (χ0n) is 21.1. The van der Waals surface area contributed by atoms with Crippen molar-refractivity contribution in [3.05, 3.63) is 82.5 Å². The molecule has 0 aromatic heterocycles. The van der Waals surface area contributed by atoms with Crippen LogP contribution < -0.4 is 10.1 Å². The number of carbonyl (C=O) groups is 2. The minimum absolute atomic E-state index is 0.147. The molecule has 0 radical (unpaired) electrons. The van der Waals surface area contributed by atoms with Gasteiger partial charge in [-0.1, -0.05) is 55.4 Å². The molecule has 36 heavy (non-hydrogen) atoms. The highest BCUT2D eigenvalue weighted by Gasteiger charge is 2.31. The Hall–Kier alpha value is -3.55. The molecular formula is C28H32F3NO4. The molecule has 0 fully saturated rings.